The van der Waals surface area contributed by atoms with Crippen LogP contribution in [0.1, 0.15) is 55.5 Å². The molecule has 142 valence electrons. The first kappa shape index (κ1) is 21.2. The molecule has 1 aliphatic carbocycles. The van der Waals surface area contributed by atoms with Gasteiger partial charge in [-0.2, -0.15) is 0 Å². The minimum atomic E-state index is -0.700. The summed E-state index contributed by atoms with van der Waals surface area (Å²) in [6, 6.07) is 1.61. The topological polar surface area (TPSA) is 34.1 Å². The Hall–Kier alpha value is -5.48. The first-order chi connectivity index (χ1) is 15.5. The van der Waals surface area contributed by atoms with Gasteiger partial charge in [0.1, 0.15) is 0 Å². The van der Waals surface area contributed by atoms with E-state index in [9.17, 15) is 9.59 Å². The smallest absolute Gasteiger partial charge is 0.235 e. The summed E-state index contributed by atoms with van der Waals surface area (Å²) in [6.07, 6.45) is 16.3. The number of rotatable bonds is 0. The molecule has 0 radical (unpaired) electrons. The Morgan fingerprint density at radius 3 is 2.00 bits per heavy atom. The summed E-state index contributed by atoms with van der Waals surface area (Å²) in [5, 5.41) is 0.856. The van der Waals surface area contributed by atoms with Crippen molar-refractivity contribution in [3.8, 4) is 96.2 Å². The predicted octanol–water partition coefficient (Wildman–Crippen LogP) is 2.86. The average molecular weight is 402 g/mol. The van der Waals surface area contributed by atoms with E-state index in [1.807, 2.05) is 0 Å². The molecule has 0 amide bonds. The Labute approximate surface area is 187 Å². The van der Waals surface area contributed by atoms with Gasteiger partial charge in [-0.25, -0.2) is 0 Å². The van der Waals surface area contributed by atoms with Gasteiger partial charge in [-0.1, -0.05) is 29.6 Å². The highest BCUT2D eigenvalue weighted by atomic mass is 16.2. The fourth-order valence-electron chi connectivity index (χ4n) is 3.45. The molecule has 1 aliphatic rings. The molecule has 2 aromatic carbocycles. The van der Waals surface area contributed by atoms with Crippen LogP contribution in [0.5, 0.6) is 0 Å². The Morgan fingerprint density at radius 2 is 1.34 bits per heavy atom. The van der Waals surface area contributed by atoms with Gasteiger partial charge in [0.2, 0.25) is 11.6 Å². The molecule has 0 heterocycles. The zero-order valence-corrected chi connectivity index (χ0v) is 17.1. The molecular weight excluding hydrogens is 392 g/mol. The molecule has 0 aliphatic heterocycles. The van der Waals surface area contributed by atoms with Crippen LogP contribution in [-0.4, -0.2) is 11.6 Å². The van der Waals surface area contributed by atoms with Crippen LogP contribution in [0.4, 0.5) is 0 Å². The highest BCUT2D eigenvalue weighted by molar-refractivity contribution is 6.58. The summed E-state index contributed by atoms with van der Waals surface area (Å²) in [5.74, 6) is 32.4. The average Bonchev–Trinajstić information content (AvgIpc) is 3.03. The lowest BCUT2D eigenvalue weighted by Crippen LogP contribution is -2.09. The predicted molar refractivity (Wildman–Crippen MR) is 125 cm³/mol. The molecule has 0 unspecified atom stereocenters. The van der Waals surface area contributed by atoms with Crippen LogP contribution in [-0.2, 0) is 0 Å². The normalized spacial score (nSPS) is 9.59. The number of aryl methyl sites for hydroxylation is 1. The Balaban J connectivity index is 2.74. The summed E-state index contributed by atoms with van der Waals surface area (Å²) in [7, 11) is 0. The van der Waals surface area contributed by atoms with Gasteiger partial charge in [-0.05, 0) is 72.8 Å². The van der Waals surface area contributed by atoms with E-state index < -0.39 is 11.6 Å². The number of ketones is 2. The van der Waals surface area contributed by atoms with Crippen molar-refractivity contribution < 1.29 is 9.59 Å². The molecule has 32 heavy (non-hydrogen) atoms. The number of Topliss-reactive ketones (excluding diaryl/α,β-unsaturated/α-hetero) is 2. The molecule has 0 spiro atoms. The van der Waals surface area contributed by atoms with Crippen LogP contribution in [0.25, 0.3) is 10.8 Å². The van der Waals surface area contributed by atoms with E-state index in [2.05, 4.69) is 77.0 Å². The van der Waals surface area contributed by atoms with Gasteiger partial charge in [0.25, 0.3) is 0 Å². The first-order valence-electron chi connectivity index (χ1n) is 9.10. The van der Waals surface area contributed by atoms with E-state index in [0.717, 1.165) is 0 Å². The molecule has 0 saturated heterocycles. The molecule has 3 rings (SSSR count). The number of carbonyl (C=O) groups excluding carboxylic acids is 2. The van der Waals surface area contributed by atoms with Crippen molar-refractivity contribution in [3.05, 3.63) is 45.0 Å². The minimum absolute atomic E-state index is 0.117. The van der Waals surface area contributed by atoms with Crippen LogP contribution >= 0.6 is 0 Å². The van der Waals surface area contributed by atoms with Gasteiger partial charge in [0.15, 0.2) is 0 Å². The van der Waals surface area contributed by atoms with Gasteiger partial charge >= 0.3 is 0 Å². The summed E-state index contributed by atoms with van der Waals surface area (Å²) in [5.41, 5.74) is 2.38. The number of hydrogen-bond acceptors (Lipinski definition) is 2. The SMILES string of the molecule is C#CC#CC#Cc1c(C#CC#CC)c(C#CC#C)c2c(C#C)c(C)cc3c2c1C(=O)C3=O. The minimum Gasteiger partial charge on any atom is -0.285 e. The maximum absolute atomic E-state index is 13.0. The quantitative estimate of drug-likeness (QED) is 0.502. The molecular formula is C30H10O2. The summed E-state index contributed by atoms with van der Waals surface area (Å²) >= 11 is 0. The lowest BCUT2D eigenvalue weighted by atomic mass is 9.86. The van der Waals surface area contributed by atoms with Gasteiger partial charge in [0, 0.05) is 21.9 Å². The van der Waals surface area contributed by atoms with E-state index in [1.54, 1.807) is 19.9 Å². The Kier molecular flexibility index (Phi) is 5.91. The van der Waals surface area contributed by atoms with Gasteiger partial charge in [-0.15, -0.1) is 19.3 Å². The molecule has 0 atom stereocenters. The van der Waals surface area contributed by atoms with Crippen molar-refractivity contribution in [1.29, 1.82) is 0 Å². The van der Waals surface area contributed by atoms with Crippen molar-refractivity contribution in [3.63, 3.8) is 0 Å². The van der Waals surface area contributed by atoms with Crippen molar-refractivity contribution >= 4 is 22.3 Å². The van der Waals surface area contributed by atoms with Gasteiger partial charge in [0.05, 0.1) is 22.3 Å². The number of carbonyl (C=O) groups is 2. The van der Waals surface area contributed by atoms with Crippen molar-refractivity contribution in [2.45, 2.75) is 13.8 Å². The van der Waals surface area contributed by atoms with Gasteiger partial charge in [-0.3, -0.25) is 9.59 Å². The maximum atomic E-state index is 13.0. The monoisotopic (exact) mass is 402 g/mol. The summed E-state index contributed by atoms with van der Waals surface area (Å²) in [6.45, 7) is 3.40. The molecule has 2 heteroatoms. The molecule has 0 bridgehead atoms. The van der Waals surface area contributed by atoms with Crippen molar-refractivity contribution in [2.75, 3.05) is 0 Å². The van der Waals surface area contributed by atoms with E-state index in [4.69, 9.17) is 19.3 Å². The van der Waals surface area contributed by atoms with Gasteiger partial charge < -0.3 is 0 Å². The lowest BCUT2D eigenvalue weighted by Gasteiger charge is -2.13. The largest absolute Gasteiger partial charge is 0.285 e. The Bertz CT molecular complexity index is 1710. The van der Waals surface area contributed by atoms with Crippen molar-refractivity contribution in [1.82, 2.24) is 0 Å². The zero-order chi connectivity index (χ0) is 23.3. The third-order valence-electron chi connectivity index (χ3n) is 4.62. The molecule has 2 nitrogen and oxygen atoms in total. The number of benzene rings is 2. The Morgan fingerprint density at radius 1 is 0.688 bits per heavy atom. The van der Waals surface area contributed by atoms with E-state index in [1.165, 1.54) is 0 Å². The lowest BCUT2D eigenvalue weighted by molar-refractivity contribution is 0.0825. The molecule has 0 fully saturated rings. The molecule has 0 N–H and O–H groups in total. The standard InChI is InChI=1S/C30H10O2/c1-6-10-13-15-18-24-22(17-14-11-7-2)23(16-12-8-3)26-21(9-4)20(5)19-25-27(26)28(24)30(32)29(25)31/h1,3-4,19H,2,5H3. The van der Waals surface area contributed by atoms with Crippen molar-refractivity contribution in [2.24, 2.45) is 0 Å². The highest BCUT2D eigenvalue weighted by Crippen LogP contribution is 2.40. The fraction of sp³-hybridized carbons (Fsp3) is 0.0667. The second-order valence-electron chi connectivity index (χ2n) is 6.33. The van der Waals surface area contributed by atoms with Crippen LogP contribution in [0.15, 0.2) is 6.07 Å². The highest BCUT2D eigenvalue weighted by Gasteiger charge is 2.37. The maximum Gasteiger partial charge on any atom is 0.235 e. The number of hydrogen-bond donors (Lipinski definition) is 0. The molecule has 2 aromatic rings. The van der Waals surface area contributed by atoms with Crippen LogP contribution in [0.2, 0.25) is 0 Å². The van der Waals surface area contributed by atoms with E-state index in [-0.39, 0.29) is 16.7 Å². The molecule has 0 aromatic heterocycles. The second-order valence-corrected chi connectivity index (χ2v) is 6.33. The third kappa shape index (κ3) is 3.36. The summed E-state index contributed by atoms with van der Waals surface area (Å²) in [4.78, 5) is 25.8. The fourth-order valence-corrected chi connectivity index (χ4v) is 3.45. The third-order valence-corrected chi connectivity index (χ3v) is 4.62. The number of terminal acetylenes is 3. The van der Waals surface area contributed by atoms with Crippen LogP contribution < -0.4 is 0 Å². The van der Waals surface area contributed by atoms with E-state index >= 15 is 0 Å². The van der Waals surface area contributed by atoms with E-state index in [0.29, 0.717) is 33.0 Å². The van der Waals surface area contributed by atoms with Crippen LogP contribution in [0, 0.1) is 103 Å². The summed E-state index contributed by atoms with van der Waals surface area (Å²) < 4.78 is 0. The molecule has 0 saturated carbocycles. The zero-order valence-electron chi connectivity index (χ0n) is 17.1. The van der Waals surface area contributed by atoms with Crippen LogP contribution in [0.3, 0.4) is 0 Å². The first-order valence-corrected chi connectivity index (χ1v) is 9.10. The second kappa shape index (κ2) is 8.90.